The highest BCUT2D eigenvalue weighted by molar-refractivity contribution is 5.81. The van der Waals surface area contributed by atoms with Gasteiger partial charge in [0.15, 0.2) is 0 Å². The second-order valence-electron chi connectivity index (χ2n) is 2.20. The van der Waals surface area contributed by atoms with Crippen molar-refractivity contribution in [3.8, 4) is 0 Å². The van der Waals surface area contributed by atoms with Gasteiger partial charge in [0.25, 0.3) is 6.43 Å². The highest BCUT2D eigenvalue weighted by Crippen LogP contribution is 1.87. The van der Waals surface area contributed by atoms with Crippen molar-refractivity contribution in [2.24, 2.45) is 0 Å². The number of esters is 1. The number of hydrogen-bond acceptors (Lipinski definition) is 3. The quantitative estimate of drug-likeness (QED) is 0.388. The van der Waals surface area contributed by atoms with E-state index in [-0.39, 0.29) is 13.1 Å². The lowest BCUT2D eigenvalue weighted by Gasteiger charge is -1.98. The molecule has 3 nitrogen and oxygen atoms in total. The van der Waals surface area contributed by atoms with Gasteiger partial charge in [-0.05, 0) is 6.92 Å². The summed E-state index contributed by atoms with van der Waals surface area (Å²) in [4.78, 5) is 10.7. The monoisotopic (exact) mass is 193 g/mol. The lowest BCUT2D eigenvalue weighted by atomic mass is 10.5. The lowest BCUT2D eigenvalue weighted by molar-refractivity contribution is -0.137. The van der Waals surface area contributed by atoms with Crippen LogP contribution in [0.15, 0.2) is 12.2 Å². The van der Waals surface area contributed by atoms with Crippen molar-refractivity contribution in [3.05, 3.63) is 12.2 Å². The molecule has 76 valence electrons. The highest BCUT2D eigenvalue weighted by atomic mass is 19.3. The van der Waals surface area contributed by atoms with Crippen LogP contribution in [-0.4, -0.2) is 32.1 Å². The van der Waals surface area contributed by atoms with Gasteiger partial charge in [0.05, 0.1) is 13.2 Å². The van der Waals surface area contributed by atoms with E-state index >= 15 is 0 Å². The van der Waals surface area contributed by atoms with Gasteiger partial charge in [0.2, 0.25) is 0 Å². The predicted molar refractivity (Wildman–Crippen MR) is 44.6 cm³/mol. The first-order valence-corrected chi connectivity index (χ1v) is 3.99. The van der Waals surface area contributed by atoms with Gasteiger partial charge in [0, 0.05) is 12.6 Å². The molecule has 0 radical (unpaired) electrons. The molecule has 0 aromatic carbocycles. The summed E-state index contributed by atoms with van der Waals surface area (Å²) in [6.07, 6.45) is 0.290. The van der Waals surface area contributed by atoms with Crippen LogP contribution in [0.2, 0.25) is 0 Å². The summed E-state index contributed by atoms with van der Waals surface area (Å²) in [6, 6.07) is 0. The molecule has 0 aromatic rings. The Morgan fingerprint density at radius 1 is 1.62 bits per heavy atom. The van der Waals surface area contributed by atoms with E-state index in [1.807, 2.05) is 0 Å². The van der Waals surface area contributed by atoms with Crippen LogP contribution in [0.3, 0.4) is 0 Å². The average molecular weight is 193 g/mol. The minimum Gasteiger partial charge on any atom is -0.463 e. The van der Waals surface area contributed by atoms with Crippen LogP contribution in [0.1, 0.15) is 6.92 Å². The number of ether oxygens (including phenoxy) is 1. The molecule has 13 heavy (non-hydrogen) atoms. The van der Waals surface area contributed by atoms with Crippen LogP contribution in [0.4, 0.5) is 8.78 Å². The second kappa shape index (κ2) is 7.67. The molecule has 0 heterocycles. The minimum atomic E-state index is -2.36. The van der Waals surface area contributed by atoms with Crippen molar-refractivity contribution in [2.75, 3.05) is 19.7 Å². The van der Waals surface area contributed by atoms with Crippen LogP contribution in [0.25, 0.3) is 0 Å². The molecule has 0 fully saturated rings. The van der Waals surface area contributed by atoms with Crippen molar-refractivity contribution < 1.29 is 18.3 Å². The van der Waals surface area contributed by atoms with E-state index < -0.39 is 12.4 Å². The summed E-state index contributed by atoms with van der Waals surface area (Å²) in [5, 5.41) is 2.44. The highest BCUT2D eigenvalue weighted by Gasteiger charge is 1.98. The molecule has 0 atom stereocenters. The average Bonchev–Trinajstić information content (AvgIpc) is 2.03. The third kappa shape index (κ3) is 8.94. The van der Waals surface area contributed by atoms with E-state index in [0.29, 0.717) is 6.61 Å². The number of carbonyl (C=O) groups excluding carboxylic acids is 1. The molecule has 0 saturated heterocycles. The number of alkyl halides is 2. The van der Waals surface area contributed by atoms with Crippen LogP contribution in [0.5, 0.6) is 0 Å². The fraction of sp³-hybridized carbons (Fsp3) is 0.625. The standard InChI is InChI=1S/C8H13F2NO2/c1-2-13-8(12)4-3-5-11-6-7(9)10/h3-4,7,11H,2,5-6H2,1H3/b4-3+. The number of hydrogen-bond donors (Lipinski definition) is 1. The largest absolute Gasteiger partial charge is 0.463 e. The molecule has 0 amide bonds. The molecular formula is C8H13F2NO2. The molecule has 0 unspecified atom stereocenters. The zero-order valence-electron chi connectivity index (χ0n) is 7.43. The SMILES string of the molecule is CCOC(=O)/C=C/CNCC(F)F. The molecule has 5 heteroatoms. The molecular weight excluding hydrogens is 180 g/mol. The summed E-state index contributed by atoms with van der Waals surface area (Å²) in [7, 11) is 0. The number of halogens is 2. The Kier molecular flexibility index (Phi) is 7.10. The fourth-order valence-corrected chi connectivity index (χ4v) is 0.621. The molecule has 0 aliphatic carbocycles. The Balaban J connectivity index is 3.35. The van der Waals surface area contributed by atoms with Gasteiger partial charge in [-0.25, -0.2) is 13.6 Å². The van der Waals surface area contributed by atoms with E-state index in [0.717, 1.165) is 0 Å². The zero-order valence-corrected chi connectivity index (χ0v) is 7.43. The number of rotatable bonds is 6. The van der Waals surface area contributed by atoms with Crippen molar-refractivity contribution in [1.82, 2.24) is 5.32 Å². The first-order chi connectivity index (χ1) is 6.16. The van der Waals surface area contributed by atoms with Crippen LogP contribution >= 0.6 is 0 Å². The normalized spacial score (nSPS) is 11.1. The van der Waals surface area contributed by atoms with Crippen LogP contribution in [0, 0.1) is 0 Å². The van der Waals surface area contributed by atoms with Gasteiger partial charge >= 0.3 is 5.97 Å². The van der Waals surface area contributed by atoms with Gasteiger partial charge in [-0.2, -0.15) is 0 Å². The summed E-state index contributed by atoms with van der Waals surface area (Å²) < 4.78 is 27.7. The van der Waals surface area contributed by atoms with Gasteiger partial charge in [0.1, 0.15) is 0 Å². The minimum absolute atomic E-state index is 0.239. The molecule has 0 aliphatic heterocycles. The van der Waals surface area contributed by atoms with Crippen molar-refractivity contribution in [3.63, 3.8) is 0 Å². The van der Waals surface area contributed by atoms with E-state index in [2.05, 4.69) is 10.1 Å². The van der Waals surface area contributed by atoms with Crippen molar-refractivity contribution in [1.29, 1.82) is 0 Å². The topological polar surface area (TPSA) is 38.3 Å². The third-order valence-corrected chi connectivity index (χ3v) is 1.10. The van der Waals surface area contributed by atoms with Gasteiger partial charge < -0.3 is 10.1 Å². The maximum atomic E-state index is 11.6. The Morgan fingerprint density at radius 3 is 2.85 bits per heavy atom. The first-order valence-electron chi connectivity index (χ1n) is 3.99. The van der Waals surface area contributed by atoms with Crippen LogP contribution in [-0.2, 0) is 9.53 Å². The number of nitrogens with one attached hydrogen (secondary N) is 1. The summed E-state index contributed by atoms with van der Waals surface area (Å²) in [6.45, 7) is 1.88. The summed E-state index contributed by atoms with van der Waals surface area (Å²) in [5.41, 5.74) is 0. The van der Waals surface area contributed by atoms with Gasteiger partial charge in [-0.1, -0.05) is 6.08 Å². The van der Waals surface area contributed by atoms with Crippen LogP contribution < -0.4 is 5.32 Å². The summed E-state index contributed by atoms with van der Waals surface area (Å²) >= 11 is 0. The van der Waals surface area contributed by atoms with Crippen molar-refractivity contribution >= 4 is 5.97 Å². The fourth-order valence-electron chi connectivity index (χ4n) is 0.621. The first kappa shape index (κ1) is 12.0. The molecule has 0 saturated carbocycles. The molecule has 0 spiro atoms. The van der Waals surface area contributed by atoms with Gasteiger partial charge in [-0.15, -0.1) is 0 Å². The molecule has 0 rings (SSSR count). The van der Waals surface area contributed by atoms with E-state index in [9.17, 15) is 13.6 Å². The van der Waals surface area contributed by atoms with E-state index in [1.54, 1.807) is 6.92 Å². The Hall–Kier alpha value is -0.970. The van der Waals surface area contributed by atoms with Crippen molar-refractivity contribution in [2.45, 2.75) is 13.3 Å². The van der Waals surface area contributed by atoms with Gasteiger partial charge in [-0.3, -0.25) is 0 Å². The maximum Gasteiger partial charge on any atom is 0.330 e. The Bertz CT molecular complexity index is 172. The molecule has 1 N–H and O–H groups in total. The lowest BCUT2D eigenvalue weighted by Crippen LogP contribution is -2.21. The molecule has 0 aromatic heterocycles. The molecule has 0 aliphatic rings. The zero-order chi connectivity index (χ0) is 10.1. The molecule has 0 bridgehead atoms. The third-order valence-electron chi connectivity index (χ3n) is 1.10. The Morgan fingerprint density at radius 2 is 2.31 bits per heavy atom. The smallest absolute Gasteiger partial charge is 0.330 e. The van der Waals surface area contributed by atoms with E-state index in [4.69, 9.17) is 0 Å². The predicted octanol–water partition coefficient (Wildman–Crippen LogP) is 0.960. The number of carbonyl (C=O) groups is 1. The summed E-state index contributed by atoms with van der Waals surface area (Å²) in [5.74, 6) is -0.457. The van der Waals surface area contributed by atoms with E-state index in [1.165, 1.54) is 12.2 Å². The second-order valence-corrected chi connectivity index (χ2v) is 2.20. The Labute approximate surface area is 75.8 Å². The maximum absolute atomic E-state index is 11.6.